The van der Waals surface area contributed by atoms with Gasteiger partial charge in [-0.1, -0.05) is 11.3 Å². The Hall–Kier alpha value is -2.20. The Balaban J connectivity index is 0.00000306. The molecule has 180 valence electrons. The molecule has 1 aromatic carbocycles. The highest BCUT2D eigenvalue weighted by Crippen LogP contribution is 2.32. The van der Waals surface area contributed by atoms with E-state index in [0.717, 1.165) is 60.9 Å². The van der Waals surface area contributed by atoms with Crippen LogP contribution in [0.2, 0.25) is 0 Å². The van der Waals surface area contributed by atoms with Crippen molar-refractivity contribution in [3.63, 3.8) is 0 Å². The van der Waals surface area contributed by atoms with E-state index >= 15 is 0 Å². The molecule has 0 saturated carbocycles. The number of benzene rings is 1. The van der Waals surface area contributed by atoms with Crippen LogP contribution in [0, 0.1) is 6.92 Å². The van der Waals surface area contributed by atoms with Crippen LogP contribution in [0.25, 0.3) is 10.2 Å². The molecule has 0 radical (unpaired) electrons. The molecule has 33 heavy (non-hydrogen) atoms. The van der Waals surface area contributed by atoms with Crippen LogP contribution in [0.4, 0.5) is 5.13 Å². The summed E-state index contributed by atoms with van der Waals surface area (Å²) in [5.41, 5.74) is 2.27. The molecule has 0 N–H and O–H groups in total. The van der Waals surface area contributed by atoms with E-state index in [4.69, 9.17) is 14.5 Å². The molecule has 0 unspecified atom stereocenters. The Kier molecular flexibility index (Phi) is 8.69. The molecule has 0 aliphatic carbocycles. The molecule has 1 amide bonds. The third-order valence-electron chi connectivity index (χ3n) is 5.59. The smallest absolute Gasteiger partial charge is 0.278 e. The number of halogens is 1. The van der Waals surface area contributed by atoms with Gasteiger partial charge in [0.25, 0.3) is 5.91 Å². The van der Waals surface area contributed by atoms with Gasteiger partial charge in [0.05, 0.1) is 36.2 Å². The van der Waals surface area contributed by atoms with Crippen molar-refractivity contribution in [2.45, 2.75) is 33.2 Å². The molecule has 0 atom stereocenters. The second-order valence-corrected chi connectivity index (χ2v) is 9.31. The number of methoxy groups -OCH3 is 1. The maximum atomic E-state index is 13.7. The van der Waals surface area contributed by atoms with Gasteiger partial charge in [-0.05, 0) is 45.4 Å². The number of nitrogens with zero attached hydrogens (tertiary/aromatic N) is 5. The predicted octanol–water partition coefficient (Wildman–Crippen LogP) is 4.18. The monoisotopic (exact) mass is 493 g/mol. The van der Waals surface area contributed by atoms with E-state index in [0.29, 0.717) is 17.4 Å². The van der Waals surface area contributed by atoms with Crippen LogP contribution in [-0.2, 0) is 4.74 Å². The molecule has 4 rings (SSSR count). The van der Waals surface area contributed by atoms with Gasteiger partial charge in [-0.15, -0.1) is 12.4 Å². The van der Waals surface area contributed by atoms with Gasteiger partial charge in [0.15, 0.2) is 5.13 Å². The molecule has 0 spiro atoms. The molecule has 1 fully saturated rings. The Morgan fingerprint density at radius 1 is 1.27 bits per heavy atom. The van der Waals surface area contributed by atoms with Crippen LogP contribution in [0.5, 0.6) is 5.75 Å². The van der Waals surface area contributed by atoms with E-state index in [2.05, 4.69) is 10.00 Å². The highest BCUT2D eigenvalue weighted by molar-refractivity contribution is 7.22. The Morgan fingerprint density at radius 3 is 2.73 bits per heavy atom. The number of morpholine rings is 1. The normalized spacial score (nSPS) is 14.5. The fourth-order valence-electron chi connectivity index (χ4n) is 3.91. The Labute approximate surface area is 204 Å². The Morgan fingerprint density at radius 2 is 2.03 bits per heavy atom. The summed E-state index contributed by atoms with van der Waals surface area (Å²) in [5, 5.41) is 5.24. The van der Waals surface area contributed by atoms with Crippen molar-refractivity contribution in [1.82, 2.24) is 19.7 Å². The van der Waals surface area contributed by atoms with Gasteiger partial charge in [0, 0.05) is 38.3 Å². The molecule has 1 saturated heterocycles. The van der Waals surface area contributed by atoms with Crippen molar-refractivity contribution in [2.24, 2.45) is 0 Å². The quantitative estimate of drug-likeness (QED) is 0.468. The lowest BCUT2D eigenvalue weighted by Crippen LogP contribution is -2.39. The summed E-state index contributed by atoms with van der Waals surface area (Å²) in [4.78, 5) is 22.7. The first kappa shape index (κ1) is 25.4. The van der Waals surface area contributed by atoms with E-state index in [1.165, 1.54) is 11.3 Å². The summed E-state index contributed by atoms with van der Waals surface area (Å²) >= 11 is 1.53. The summed E-state index contributed by atoms with van der Waals surface area (Å²) in [6, 6.07) is 7.79. The largest absolute Gasteiger partial charge is 0.497 e. The van der Waals surface area contributed by atoms with Crippen molar-refractivity contribution < 1.29 is 14.3 Å². The molecule has 3 heterocycles. The fraction of sp³-hybridized carbons (Fsp3) is 0.522. The van der Waals surface area contributed by atoms with Gasteiger partial charge >= 0.3 is 0 Å². The predicted molar refractivity (Wildman–Crippen MR) is 134 cm³/mol. The highest BCUT2D eigenvalue weighted by Gasteiger charge is 2.26. The minimum Gasteiger partial charge on any atom is -0.497 e. The van der Waals surface area contributed by atoms with Crippen molar-refractivity contribution in [2.75, 3.05) is 51.4 Å². The molecule has 1 aliphatic rings. The van der Waals surface area contributed by atoms with Crippen LogP contribution < -0.4 is 9.64 Å². The zero-order valence-electron chi connectivity index (χ0n) is 19.6. The molecule has 0 bridgehead atoms. The average Bonchev–Trinajstić information content (AvgIpc) is 3.40. The van der Waals surface area contributed by atoms with Gasteiger partial charge in [-0.3, -0.25) is 19.3 Å². The molecule has 2 aromatic heterocycles. The summed E-state index contributed by atoms with van der Waals surface area (Å²) in [7, 11) is 1.64. The zero-order chi connectivity index (χ0) is 22.7. The van der Waals surface area contributed by atoms with Gasteiger partial charge in [0.2, 0.25) is 0 Å². The SMILES string of the molecule is COc1ccc2sc(N(CCCN3CCOCC3)C(=O)c3cc(C)nn3C(C)C)nc2c1.Cl. The lowest BCUT2D eigenvalue weighted by molar-refractivity contribution is 0.0376. The lowest BCUT2D eigenvalue weighted by Gasteiger charge is -2.28. The number of carbonyl (C=O) groups is 1. The summed E-state index contributed by atoms with van der Waals surface area (Å²) in [6.07, 6.45) is 0.861. The van der Waals surface area contributed by atoms with Crippen LogP contribution in [0.3, 0.4) is 0 Å². The maximum absolute atomic E-state index is 13.7. The number of amides is 1. The van der Waals surface area contributed by atoms with Gasteiger partial charge in [0.1, 0.15) is 11.4 Å². The first-order chi connectivity index (χ1) is 15.5. The minimum atomic E-state index is -0.0627. The number of ether oxygens (including phenoxy) is 2. The van der Waals surface area contributed by atoms with E-state index in [9.17, 15) is 4.79 Å². The number of rotatable bonds is 8. The standard InChI is InChI=1S/C23H31N5O3S.ClH/c1-16(2)28-20(14-17(3)25-28)22(29)27(9-5-8-26-10-12-31-13-11-26)23-24-19-15-18(30-4)6-7-21(19)32-23;/h6-7,14-16H,5,8-13H2,1-4H3;1H. The van der Waals surface area contributed by atoms with E-state index in [1.54, 1.807) is 7.11 Å². The summed E-state index contributed by atoms with van der Waals surface area (Å²) in [6.45, 7) is 10.9. The minimum absolute atomic E-state index is 0. The topological polar surface area (TPSA) is 72.7 Å². The maximum Gasteiger partial charge on any atom is 0.278 e. The number of fused-ring (bicyclic) bond motifs is 1. The van der Waals surface area contributed by atoms with Crippen molar-refractivity contribution >= 4 is 45.0 Å². The van der Waals surface area contributed by atoms with E-state index in [-0.39, 0.29) is 24.4 Å². The first-order valence-corrected chi connectivity index (χ1v) is 11.9. The number of anilines is 1. The van der Waals surface area contributed by atoms with Gasteiger partial charge < -0.3 is 9.47 Å². The third kappa shape index (κ3) is 5.84. The van der Waals surface area contributed by atoms with Crippen molar-refractivity contribution in [1.29, 1.82) is 0 Å². The second kappa shape index (κ2) is 11.3. The molecular weight excluding hydrogens is 462 g/mol. The summed E-state index contributed by atoms with van der Waals surface area (Å²) < 4.78 is 13.6. The number of hydrogen-bond acceptors (Lipinski definition) is 7. The number of carbonyl (C=O) groups excluding carboxylic acids is 1. The number of aryl methyl sites for hydroxylation is 1. The number of thiazole rings is 1. The van der Waals surface area contributed by atoms with Crippen LogP contribution in [0.1, 0.15) is 42.5 Å². The molecule has 8 nitrogen and oxygen atoms in total. The molecule has 3 aromatic rings. The first-order valence-electron chi connectivity index (χ1n) is 11.1. The Bertz CT molecular complexity index is 1080. The third-order valence-corrected chi connectivity index (χ3v) is 6.64. The van der Waals surface area contributed by atoms with Crippen LogP contribution in [0.15, 0.2) is 24.3 Å². The average molecular weight is 494 g/mol. The molecular formula is C23H32ClN5O3S. The number of hydrogen-bond donors (Lipinski definition) is 0. The summed E-state index contributed by atoms with van der Waals surface area (Å²) in [5.74, 6) is 0.695. The molecule has 10 heteroatoms. The van der Waals surface area contributed by atoms with Gasteiger partial charge in [-0.25, -0.2) is 4.98 Å². The van der Waals surface area contributed by atoms with Crippen LogP contribution >= 0.6 is 23.7 Å². The number of aromatic nitrogens is 3. The highest BCUT2D eigenvalue weighted by atomic mass is 35.5. The lowest BCUT2D eigenvalue weighted by atomic mass is 10.2. The fourth-order valence-corrected chi connectivity index (χ4v) is 4.88. The van der Waals surface area contributed by atoms with E-state index in [1.807, 2.05) is 54.6 Å². The second-order valence-electron chi connectivity index (χ2n) is 8.30. The van der Waals surface area contributed by atoms with Crippen LogP contribution in [-0.4, -0.2) is 72.1 Å². The van der Waals surface area contributed by atoms with E-state index < -0.39 is 0 Å². The van der Waals surface area contributed by atoms with Crippen molar-refractivity contribution in [3.8, 4) is 5.75 Å². The van der Waals surface area contributed by atoms with Crippen molar-refractivity contribution in [3.05, 3.63) is 35.7 Å². The molecule has 1 aliphatic heterocycles. The van der Waals surface area contributed by atoms with Gasteiger partial charge in [-0.2, -0.15) is 5.10 Å². The zero-order valence-corrected chi connectivity index (χ0v) is 21.2.